The van der Waals surface area contributed by atoms with Gasteiger partial charge in [0.1, 0.15) is 0 Å². The van der Waals surface area contributed by atoms with Gasteiger partial charge in [-0.2, -0.15) is 0 Å². The smallest absolute Gasteiger partial charge is 0.234 e. The number of rotatable bonds is 4. The Bertz CT molecular complexity index is 615. The lowest BCUT2D eigenvalue weighted by Crippen LogP contribution is -2.32. The van der Waals surface area contributed by atoms with Crippen molar-refractivity contribution in [3.63, 3.8) is 0 Å². The van der Waals surface area contributed by atoms with Gasteiger partial charge in [-0.3, -0.25) is 4.79 Å². The van der Waals surface area contributed by atoms with E-state index in [4.69, 9.17) is 5.73 Å². The van der Waals surface area contributed by atoms with E-state index in [9.17, 15) is 4.79 Å². The number of aromatic nitrogens is 2. The molecule has 100 valence electrons. The summed E-state index contributed by atoms with van der Waals surface area (Å²) in [6.07, 6.45) is 4.40. The zero-order valence-electron chi connectivity index (χ0n) is 11.0. The van der Waals surface area contributed by atoms with Gasteiger partial charge in [-0.15, -0.1) is 0 Å². The second-order valence-corrected chi connectivity index (χ2v) is 5.12. The molecule has 1 amide bonds. The van der Waals surface area contributed by atoms with Gasteiger partial charge in [0.05, 0.1) is 29.9 Å². The molecule has 0 spiro atoms. The van der Waals surface area contributed by atoms with E-state index in [1.54, 1.807) is 0 Å². The summed E-state index contributed by atoms with van der Waals surface area (Å²) in [5.74, 6) is -0.142. The van der Waals surface area contributed by atoms with E-state index in [0.29, 0.717) is 6.04 Å². The maximum Gasteiger partial charge on any atom is 0.234 e. The minimum absolute atomic E-state index is 0.0168. The van der Waals surface area contributed by atoms with Crippen molar-refractivity contribution in [2.75, 3.05) is 6.54 Å². The van der Waals surface area contributed by atoms with Gasteiger partial charge in [0.2, 0.25) is 5.91 Å². The molecule has 5 heteroatoms. The van der Waals surface area contributed by atoms with Crippen molar-refractivity contribution in [2.24, 2.45) is 5.73 Å². The molecule has 1 aromatic carbocycles. The van der Waals surface area contributed by atoms with Crippen LogP contribution in [0.4, 0.5) is 0 Å². The zero-order chi connectivity index (χ0) is 13.4. The second kappa shape index (κ2) is 4.66. The summed E-state index contributed by atoms with van der Waals surface area (Å²) in [5, 5.41) is 2.85. The molecule has 5 nitrogen and oxygen atoms in total. The third-order valence-electron chi connectivity index (χ3n) is 3.60. The number of nitrogens with zero attached hydrogens (tertiary/aromatic N) is 2. The minimum Gasteiger partial charge on any atom is -0.348 e. The van der Waals surface area contributed by atoms with Crippen molar-refractivity contribution in [1.29, 1.82) is 0 Å². The Kier molecular flexibility index (Phi) is 2.98. The highest BCUT2D eigenvalue weighted by Gasteiger charge is 2.25. The molecule has 0 radical (unpaired) electrons. The van der Waals surface area contributed by atoms with Gasteiger partial charge in [-0.05, 0) is 37.5 Å². The van der Waals surface area contributed by atoms with Crippen molar-refractivity contribution in [3.05, 3.63) is 30.1 Å². The van der Waals surface area contributed by atoms with Crippen LogP contribution in [0.3, 0.4) is 0 Å². The van der Waals surface area contributed by atoms with Gasteiger partial charge < -0.3 is 15.6 Å². The SMILES string of the molecule is CC(NC(=O)CN)c1ccc2c(c1)ncn2C1CC1. The van der Waals surface area contributed by atoms with Crippen LogP contribution < -0.4 is 11.1 Å². The Morgan fingerprint density at radius 3 is 3.05 bits per heavy atom. The Labute approximate surface area is 111 Å². The summed E-state index contributed by atoms with van der Waals surface area (Å²) in [6, 6.07) is 6.75. The van der Waals surface area contributed by atoms with Crippen LogP contribution in [-0.2, 0) is 4.79 Å². The van der Waals surface area contributed by atoms with E-state index in [1.165, 1.54) is 18.4 Å². The molecule has 0 saturated heterocycles. The number of benzene rings is 1. The maximum atomic E-state index is 11.3. The number of nitrogens with one attached hydrogen (secondary N) is 1. The fourth-order valence-electron chi connectivity index (χ4n) is 2.35. The molecule has 1 heterocycles. The lowest BCUT2D eigenvalue weighted by Gasteiger charge is -2.13. The molecule has 1 aliphatic rings. The fraction of sp³-hybridized carbons (Fsp3) is 0.429. The van der Waals surface area contributed by atoms with Crippen LogP contribution >= 0.6 is 0 Å². The zero-order valence-corrected chi connectivity index (χ0v) is 11.0. The van der Waals surface area contributed by atoms with Crippen molar-refractivity contribution in [2.45, 2.75) is 31.8 Å². The maximum absolute atomic E-state index is 11.3. The standard InChI is InChI=1S/C14H18N4O/c1-9(17-14(19)7-15)10-2-5-13-12(6-10)16-8-18(13)11-3-4-11/h2,5-6,8-9,11H,3-4,7,15H2,1H3,(H,17,19). The number of nitrogens with two attached hydrogens (primary N) is 1. The Morgan fingerprint density at radius 1 is 1.58 bits per heavy atom. The Morgan fingerprint density at radius 2 is 2.37 bits per heavy atom. The molecule has 1 aliphatic carbocycles. The van der Waals surface area contributed by atoms with E-state index in [0.717, 1.165) is 11.1 Å². The Hall–Kier alpha value is -1.88. The fourth-order valence-corrected chi connectivity index (χ4v) is 2.35. The average molecular weight is 258 g/mol. The third kappa shape index (κ3) is 2.33. The molecule has 0 bridgehead atoms. The molecule has 1 unspecified atom stereocenters. The van der Waals surface area contributed by atoms with Crippen molar-refractivity contribution in [1.82, 2.24) is 14.9 Å². The predicted octanol–water partition coefficient (Wildman–Crippen LogP) is 1.51. The lowest BCUT2D eigenvalue weighted by molar-refractivity contribution is -0.120. The van der Waals surface area contributed by atoms with E-state index >= 15 is 0 Å². The van der Waals surface area contributed by atoms with Crippen LogP contribution in [0, 0.1) is 0 Å². The normalized spacial score (nSPS) is 16.5. The number of amides is 1. The number of hydrogen-bond donors (Lipinski definition) is 2. The van der Waals surface area contributed by atoms with Crippen molar-refractivity contribution >= 4 is 16.9 Å². The van der Waals surface area contributed by atoms with Crippen molar-refractivity contribution < 1.29 is 4.79 Å². The van der Waals surface area contributed by atoms with E-state index < -0.39 is 0 Å². The summed E-state index contributed by atoms with van der Waals surface area (Å²) in [6.45, 7) is 1.97. The molecule has 1 saturated carbocycles. The topological polar surface area (TPSA) is 72.9 Å². The summed E-state index contributed by atoms with van der Waals surface area (Å²) < 4.78 is 2.24. The van der Waals surface area contributed by atoms with Gasteiger partial charge in [0.25, 0.3) is 0 Å². The highest BCUT2D eigenvalue weighted by molar-refractivity contribution is 5.79. The Balaban J connectivity index is 1.87. The first-order chi connectivity index (χ1) is 9.19. The van der Waals surface area contributed by atoms with E-state index in [-0.39, 0.29) is 18.5 Å². The predicted molar refractivity (Wildman–Crippen MR) is 73.6 cm³/mol. The quantitative estimate of drug-likeness (QED) is 0.873. The molecular formula is C14H18N4O. The number of fused-ring (bicyclic) bond motifs is 1. The molecule has 1 aromatic heterocycles. The molecule has 1 fully saturated rings. The van der Waals surface area contributed by atoms with Crippen molar-refractivity contribution in [3.8, 4) is 0 Å². The van der Waals surface area contributed by atoms with Gasteiger partial charge in [0, 0.05) is 6.04 Å². The third-order valence-corrected chi connectivity index (χ3v) is 3.60. The molecule has 2 aromatic rings. The molecule has 3 rings (SSSR count). The monoisotopic (exact) mass is 258 g/mol. The highest BCUT2D eigenvalue weighted by atomic mass is 16.1. The van der Waals surface area contributed by atoms with E-state index in [1.807, 2.05) is 25.4 Å². The van der Waals surface area contributed by atoms with Crippen LogP contribution in [0.1, 0.15) is 37.4 Å². The van der Waals surface area contributed by atoms with E-state index in [2.05, 4.69) is 20.9 Å². The summed E-state index contributed by atoms with van der Waals surface area (Å²) >= 11 is 0. The average Bonchev–Trinajstić information content (AvgIpc) is 3.17. The second-order valence-electron chi connectivity index (χ2n) is 5.12. The molecule has 0 aliphatic heterocycles. The van der Waals surface area contributed by atoms with Crippen LogP contribution in [0.2, 0.25) is 0 Å². The number of hydrogen-bond acceptors (Lipinski definition) is 3. The van der Waals surface area contributed by atoms with Gasteiger partial charge in [-0.25, -0.2) is 4.98 Å². The van der Waals surface area contributed by atoms with Gasteiger partial charge in [-0.1, -0.05) is 6.07 Å². The number of carbonyl (C=O) groups excluding carboxylic acids is 1. The molecular weight excluding hydrogens is 240 g/mol. The molecule has 19 heavy (non-hydrogen) atoms. The van der Waals surface area contributed by atoms with Gasteiger partial charge in [0.15, 0.2) is 0 Å². The van der Waals surface area contributed by atoms with Crippen LogP contribution in [0.25, 0.3) is 11.0 Å². The highest BCUT2D eigenvalue weighted by Crippen LogP contribution is 2.37. The minimum atomic E-state index is -0.142. The molecule has 1 atom stereocenters. The van der Waals surface area contributed by atoms with Crippen LogP contribution in [0.5, 0.6) is 0 Å². The first-order valence-corrected chi connectivity index (χ1v) is 6.65. The molecule has 3 N–H and O–H groups in total. The summed E-state index contributed by atoms with van der Waals surface area (Å²) in [4.78, 5) is 15.8. The van der Waals surface area contributed by atoms with Gasteiger partial charge >= 0.3 is 0 Å². The summed E-state index contributed by atoms with van der Waals surface area (Å²) in [5.41, 5.74) is 8.51. The summed E-state index contributed by atoms with van der Waals surface area (Å²) in [7, 11) is 0. The first kappa shape index (κ1) is 12.2. The largest absolute Gasteiger partial charge is 0.348 e. The van der Waals surface area contributed by atoms with Crippen LogP contribution in [-0.4, -0.2) is 22.0 Å². The first-order valence-electron chi connectivity index (χ1n) is 6.65. The number of carbonyl (C=O) groups is 1. The number of imidazole rings is 1. The lowest BCUT2D eigenvalue weighted by atomic mass is 10.1. The van der Waals surface area contributed by atoms with Crippen LogP contribution in [0.15, 0.2) is 24.5 Å².